The number of benzene rings is 1. The highest BCUT2D eigenvalue weighted by atomic mass is 32.2. The summed E-state index contributed by atoms with van der Waals surface area (Å²) in [4.78, 5) is 44.4. The molecule has 3 rings (SSSR count). The molecule has 0 spiro atoms. The van der Waals surface area contributed by atoms with Gasteiger partial charge in [0.2, 0.25) is 5.91 Å². The van der Waals surface area contributed by atoms with E-state index in [4.69, 9.17) is 4.74 Å². The molecule has 0 radical (unpaired) electrons. The van der Waals surface area contributed by atoms with E-state index in [0.29, 0.717) is 38.3 Å². The van der Waals surface area contributed by atoms with Gasteiger partial charge >= 0.3 is 5.97 Å². The van der Waals surface area contributed by atoms with Gasteiger partial charge in [0.1, 0.15) is 5.25 Å². The number of hydrogen-bond donors (Lipinski definition) is 0. The second-order valence-electron chi connectivity index (χ2n) is 8.14. The van der Waals surface area contributed by atoms with Gasteiger partial charge in [-0.1, -0.05) is 25.0 Å². The zero-order valence-corrected chi connectivity index (χ0v) is 19.4. The molecule has 0 aliphatic carbocycles. The average molecular weight is 448 g/mol. The van der Waals surface area contributed by atoms with Crippen molar-refractivity contribution in [2.24, 2.45) is 0 Å². The zero-order chi connectivity index (χ0) is 22.2. The highest BCUT2D eigenvalue weighted by Crippen LogP contribution is 2.28. The quantitative estimate of drug-likeness (QED) is 0.493. The Labute approximate surface area is 189 Å². The maximum Gasteiger partial charge on any atom is 0.318 e. The topological polar surface area (TPSA) is 70.2 Å². The van der Waals surface area contributed by atoms with Crippen molar-refractivity contribution in [1.82, 2.24) is 14.7 Å². The number of nitrogens with zero attached hydrogens (tertiary/aromatic N) is 3. The third-order valence-electron chi connectivity index (χ3n) is 5.93. The van der Waals surface area contributed by atoms with Gasteiger partial charge in [-0.3, -0.25) is 19.3 Å². The van der Waals surface area contributed by atoms with Gasteiger partial charge in [0.25, 0.3) is 5.91 Å². The van der Waals surface area contributed by atoms with Crippen molar-refractivity contribution in [3.63, 3.8) is 0 Å². The Hall–Kier alpha value is -2.06. The fraction of sp³-hybridized carbons (Fsp3) is 0.609. The van der Waals surface area contributed by atoms with Crippen LogP contribution in [0.5, 0.6) is 0 Å². The molecule has 0 bridgehead atoms. The molecule has 0 saturated carbocycles. The predicted molar refractivity (Wildman–Crippen MR) is 121 cm³/mol. The van der Waals surface area contributed by atoms with E-state index in [1.165, 1.54) is 31.7 Å². The van der Waals surface area contributed by atoms with Gasteiger partial charge in [0, 0.05) is 44.2 Å². The van der Waals surface area contributed by atoms with Crippen molar-refractivity contribution >= 4 is 29.5 Å². The summed E-state index contributed by atoms with van der Waals surface area (Å²) >= 11 is 1.34. The lowest BCUT2D eigenvalue weighted by molar-refractivity contribution is -0.139. The molecule has 7 nitrogen and oxygen atoms in total. The number of piperazine rings is 1. The fourth-order valence-corrected chi connectivity index (χ4v) is 5.05. The van der Waals surface area contributed by atoms with Crippen LogP contribution >= 0.6 is 11.8 Å². The summed E-state index contributed by atoms with van der Waals surface area (Å²) in [5.74, 6) is -0.131. The average Bonchev–Trinajstić information content (AvgIpc) is 3.08. The Kier molecular flexibility index (Phi) is 8.78. The minimum absolute atomic E-state index is 0.0290. The molecule has 1 unspecified atom stereocenters. The lowest BCUT2D eigenvalue weighted by Crippen LogP contribution is -2.51. The van der Waals surface area contributed by atoms with Crippen molar-refractivity contribution in [2.45, 2.75) is 42.8 Å². The molecule has 170 valence electrons. The molecular formula is C23H33N3O4S. The number of likely N-dealkylation sites (tertiary alicyclic amines) is 1. The molecule has 2 aliphatic heterocycles. The Morgan fingerprint density at radius 1 is 0.935 bits per heavy atom. The number of methoxy groups -OCH3 is 1. The highest BCUT2D eigenvalue weighted by Gasteiger charge is 2.27. The smallest absolute Gasteiger partial charge is 0.318 e. The summed E-state index contributed by atoms with van der Waals surface area (Å²) in [5, 5.41) is -0.388. The summed E-state index contributed by atoms with van der Waals surface area (Å²) in [5.41, 5.74) is 0.609. The normalized spacial score (nSPS) is 18.9. The second-order valence-corrected chi connectivity index (χ2v) is 9.53. The van der Waals surface area contributed by atoms with Crippen molar-refractivity contribution < 1.29 is 19.1 Å². The van der Waals surface area contributed by atoms with E-state index >= 15 is 0 Å². The first-order valence-corrected chi connectivity index (χ1v) is 12.0. The Morgan fingerprint density at radius 2 is 1.58 bits per heavy atom. The first kappa shape index (κ1) is 23.6. The number of amides is 2. The summed E-state index contributed by atoms with van der Waals surface area (Å²) in [7, 11) is 1.37. The molecule has 2 amide bonds. The molecule has 31 heavy (non-hydrogen) atoms. The van der Waals surface area contributed by atoms with E-state index in [1.807, 2.05) is 34.1 Å². The molecule has 8 heteroatoms. The van der Waals surface area contributed by atoms with E-state index in [-0.39, 0.29) is 23.0 Å². The monoisotopic (exact) mass is 447 g/mol. The number of carbonyl (C=O) groups is 3. The molecule has 0 N–H and O–H groups in total. The SMILES string of the molecule is COC(=O)C(C)Sc1ccccc1C(=O)N1CCN(CC(=O)N2CCCCCC2)CC1. The zero-order valence-electron chi connectivity index (χ0n) is 18.5. The van der Waals surface area contributed by atoms with E-state index < -0.39 is 0 Å². The molecular weight excluding hydrogens is 414 g/mol. The molecule has 1 aromatic carbocycles. The molecule has 1 aromatic rings. The fourth-order valence-electron chi connectivity index (χ4n) is 4.04. The molecule has 2 aliphatic rings. The van der Waals surface area contributed by atoms with Gasteiger partial charge in [0.05, 0.1) is 19.2 Å². The summed E-state index contributed by atoms with van der Waals surface area (Å²) < 4.78 is 4.80. The minimum Gasteiger partial charge on any atom is -0.468 e. The van der Waals surface area contributed by atoms with Gasteiger partial charge in [-0.2, -0.15) is 0 Å². The maximum atomic E-state index is 13.2. The molecule has 0 aromatic heterocycles. The number of thioether (sulfide) groups is 1. The third-order valence-corrected chi connectivity index (χ3v) is 7.09. The van der Waals surface area contributed by atoms with Crippen LogP contribution in [0.4, 0.5) is 0 Å². The summed E-state index contributed by atoms with van der Waals surface area (Å²) in [6.45, 7) is 6.53. The second kappa shape index (κ2) is 11.5. The Bertz CT molecular complexity index is 772. The lowest BCUT2D eigenvalue weighted by Gasteiger charge is -2.35. The van der Waals surface area contributed by atoms with Crippen LogP contribution in [0, 0.1) is 0 Å². The Morgan fingerprint density at radius 3 is 2.23 bits per heavy atom. The van der Waals surface area contributed by atoms with Crippen molar-refractivity contribution in [2.75, 3.05) is 52.9 Å². The van der Waals surface area contributed by atoms with Crippen LogP contribution in [0.3, 0.4) is 0 Å². The van der Waals surface area contributed by atoms with Crippen LogP contribution in [-0.4, -0.2) is 90.7 Å². The van der Waals surface area contributed by atoms with Crippen LogP contribution in [0.1, 0.15) is 43.0 Å². The van der Waals surface area contributed by atoms with Crippen molar-refractivity contribution in [3.8, 4) is 0 Å². The van der Waals surface area contributed by atoms with Crippen LogP contribution in [0.2, 0.25) is 0 Å². The van der Waals surface area contributed by atoms with E-state index in [9.17, 15) is 14.4 Å². The van der Waals surface area contributed by atoms with Crippen LogP contribution < -0.4 is 0 Å². The maximum absolute atomic E-state index is 13.2. The van der Waals surface area contributed by atoms with Gasteiger partial charge in [-0.15, -0.1) is 11.8 Å². The first-order chi connectivity index (χ1) is 15.0. The standard InChI is InChI=1S/C23H33N3O4S/c1-18(23(29)30-2)31-20-10-6-5-9-19(20)22(28)26-15-13-24(14-16-26)17-21(27)25-11-7-3-4-8-12-25/h5-6,9-10,18H,3-4,7-8,11-17H2,1-2H3. The highest BCUT2D eigenvalue weighted by molar-refractivity contribution is 8.00. The van der Waals surface area contributed by atoms with Crippen molar-refractivity contribution in [1.29, 1.82) is 0 Å². The summed E-state index contributed by atoms with van der Waals surface area (Å²) in [6, 6.07) is 7.39. The van der Waals surface area contributed by atoms with Gasteiger partial charge in [-0.05, 0) is 31.9 Å². The van der Waals surface area contributed by atoms with E-state index in [0.717, 1.165) is 30.8 Å². The number of esters is 1. The van der Waals surface area contributed by atoms with Crippen LogP contribution in [0.15, 0.2) is 29.2 Å². The van der Waals surface area contributed by atoms with Crippen LogP contribution in [0.25, 0.3) is 0 Å². The van der Waals surface area contributed by atoms with Gasteiger partial charge in [-0.25, -0.2) is 0 Å². The predicted octanol–water partition coefficient (Wildman–Crippen LogP) is 2.50. The number of hydrogen-bond acceptors (Lipinski definition) is 6. The van der Waals surface area contributed by atoms with Crippen molar-refractivity contribution in [3.05, 3.63) is 29.8 Å². The largest absolute Gasteiger partial charge is 0.468 e. The van der Waals surface area contributed by atoms with Crippen LogP contribution in [-0.2, 0) is 14.3 Å². The first-order valence-electron chi connectivity index (χ1n) is 11.1. The third kappa shape index (κ3) is 6.46. The van der Waals surface area contributed by atoms with Gasteiger partial charge in [0.15, 0.2) is 0 Å². The lowest BCUT2D eigenvalue weighted by atomic mass is 10.1. The molecule has 1 atom stereocenters. The minimum atomic E-state index is -0.388. The number of rotatable bonds is 6. The molecule has 2 saturated heterocycles. The van der Waals surface area contributed by atoms with Gasteiger partial charge < -0.3 is 14.5 Å². The van der Waals surface area contributed by atoms with E-state index in [1.54, 1.807) is 6.92 Å². The molecule has 2 fully saturated rings. The molecule has 2 heterocycles. The number of ether oxygens (including phenoxy) is 1. The Balaban J connectivity index is 1.54. The summed E-state index contributed by atoms with van der Waals surface area (Å²) in [6.07, 6.45) is 4.62. The van der Waals surface area contributed by atoms with E-state index in [2.05, 4.69) is 4.90 Å². The number of carbonyl (C=O) groups excluding carboxylic acids is 3.